The van der Waals surface area contributed by atoms with E-state index in [0.29, 0.717) is 0 Å². The molecule has 1 aliphatic rings. The molecule has 0 saturated carbocycles. The maximum absolute atomic E-state index is 6.08. The number of nitrogens with zero attached hydrogens (tertiary/aromatic N) is 3. The number of allylic oxidation sites excluding steroid dienone is 3. The molecule has 0 atom stereocenters. The zero-order chi connectivity index (χ0) is 19.8. The van der Waals surface area contributed by atoms with Gasteiger partial charge in [0.25, 0.3) is 0 Å². The first-order chi connectivity index (χ1) is 13.7. The minimum atomic E-state index is 0.735. The molecule has 0 unspecified atom stereocenters. The second-order valence-electron chi connectivity index (χ2n) is 7.23. The van der Waals surface area contributed by atoms with E-state index >= 15 is 0 Å². The summed E-state index contributed by atoms with van der Waals surface area (Å²) in [5, 5.41) is 10.1. The van der Waals surface area contributed by atoms with Crippen LogP contribution in [0.1, 0.15) is 57.1 Å². The number of unbranched alkanes of at least 4 members (excludes halogenated alkanes) is 3. The Morgan fingerprint density at radius 3 is 2.54 bits per heavy atom. The van der Waals surface area contributed by atoms with Crippen LogP contribution in [0.15, 0.2) is 42.5 Å². The molecule has 148 valence electrons. The summed E-state index contributed by atoms with van der Waals surface area (Å²) in [4.78, 5) is 2.39. The van der Waals surface area contributed by atoms with Gasteiger partial charge < -0.3 is 4.90 Å². The van der Waals surface area contributed by atoms with Gasteiger partial charge in [0.1, 0.15) is 5.69 Å². The highest BCUT2D eigenvalue weighted by Crippen LogP contribution is 2.32. The lowest BCUT2D eigenvalue weighted by Crippen LogP contribution is -2.27. The summed E-state index contributed by atoms with van der Waals surface area (Å²) < 4.78 is 0. The molecule has 0 bridgehead atoms. The molecule has 0 N–H and O–H groups in total. The largest absolute Gasteiger partial charge is 0.355 e. The Kier molecular flexibility index (Phi) is 7.67. The summed E-state index contributed by atoms with van der Waals surface area (Å²) >= 11 is 6.08. The monoisotopic (exact) mass is 395 g/mol. The van der Waals surface area contributed by atoms with Crippen molar-refractivity contribution in [1.29, 1.82) is 0 Å². The molecule has 1 aromatic carbocycles. The Morgan fingerprint density at radius 1 is 0.964 bits per heavy atom. The second kappa shape index (κ2) is 10.4. The number of halogens is 1. The third-order valence-electron chi connectivity index (χ3n) is 5.22. The summed E-state index contributed by atoms with van der Waals surface area (Å²) in [6.45, 7) is 6.43. The number of anilines is 1. The lowest BCUT2D eigenvalue weighted by atomic mass is 9.97. The van der Waals surface area contributed by atoms with Crippen LogP contribution in [-0.4, -0.2) is 23.3 Å². The average Bonchev–Trinajstić information content (AvgIpc) is 2.69. The normalized spacial score (nSPS) is 14.2. The van der Waals surface area contributed by atoms with E-state index in [9.17, 15) is 0 Å². The first kappa shape index (κ1) is 20.6. The lowest BCUT2D eigenvalue weighted by Gasteiger charge is -2.26. The topological polar surface area (TPSA) is 29.0 Å². The van der Waals surface area contributed by atoms with Crippen molar-refractivity contribution in [1.82, 2.24) is 10.2 Å². The van der Waals surface area contributed by atoms with Crippen molar-refractivity contribution < 1.29 is 0 Å². The van der Waals surface area contributed by atoms with E-state index in [1.54, 1.807) is 0 Å². The van der Waals surface area contributed by atoms with Gasteiger partial charge in [-0.2, -0.15) is 0 Å². The zero-order valence-electron chi connectivity index (χ0n) is 17.0. The fraction of sp³-hybridized carbons (Fsp3) is 0.417. The number of benzene rings is 1. The predicted octanol–water partition coefficient (Wildman–Crippen LogP) is 6.72. The highest BCUT2D eigenvalue weighted by atomic mass is 35.5. The van der Waals surface area contributed by atoms with Crippen LogP contribution < -0.4 is 4.90 Å². The maximum Gasteiger partial charge on any atom is 0.155 e. The second-order valence-corrected chi connectivity index (χ2v) is 7.66. The quantitative estimate of drug-likeness (QED) is 0.367. The van der Waals surface area contributed by atoms with Crippen molar-refractivity contribution in [3.63, 3.8) is 0 Å². The Labute approximate surface area is 174 Å². The minimum Gasteiger partial charge on any atom is -0.355 e. The maximum atomic E-state index is 6.08. The number of hydrogen-bond acceptors (Lipinski definition) is 3. The molecule has 0 aliphatic heterocycles. The van der Waals surface area contributed by atoms with Crippen molar-refractivity contribution in [2.24, 2.45) is 0 Å². The van der Waals surface area contributed by atoms with E-state index in [-0.39, 0.29) is 0 Å². The molecule has 1 heterocycles. The van der Waals surface area contributed by atoms with Crippen molar-refractivity contribution >= 4 is 23.5 Å². The molecular weight excluding hydrogens is 366 g/mol. The predicted molar refractivity (Wildman–Crippen MR) is 121 cm³/mol. The van der Waals surface area contributed by atoms with Gasteiger partial charge >= 0.3 is 0 Å². The summed E-state index contributed by atoms with van der Waals surface area (Å²) in [6.07, 6.45) is 15.8. The first-order valence-corrected chi connectivity index (χ1v) is 10.8. The number of aromatic nitrogens is 2. The fourth-order valence-corrected chi connectivity index (χ4v) is 3.76. The van der Waals surface area contributed by atoms with Crippen molar-refractivity contribution in [2.45, 2.75) is 52.4 Å². The smallest absolute Gasteiger partial charge is 0.155 e. The molecule has 2 aromatic rings. The van der Waals surface area contributed by atoms with E-state index < -0.39 is 0 Å². The molecule has 0 amide bonds. The van der Waals surface area contributed by atoms with Crippen LogP contribution >= 0.6 is 11.6 Å². The van der Waals surface area contributed by atoms with Crippen LogP contribution in [0.4, 0.5) is 5.82 Å². The summed E-state index contributed by atoms with van der Waals surface area (Å²) in [5.74, 6) is 1.03. The summed E-state index contributed by atoms with van der Waals surface area (Å²) in [5.41, 5.74) is 4.44. The van der Waals surface area contributed by atoms with E-state index in [0.717, 1.165) is 48.0 Å². The van der Waals surface area contributed by atoms with E-state index in [1.165, 1.54) is 36.8 Å². The molecule has 1 aromatic heterocycles. The average molecular weight is 396 g/mol. The molecule has 0 saturated heterocycles. The Morgan fingerprint density at radius 2 is 1.79 bits per heavy atom. The molecule has 28 heavy (non-hydrogen) atoms. The van der Waals surface area contributed by atoms with Crippen LogP contribution in [-0.2, 0) is 6.42 Å². The third-order valence-corrected chi connectivity index (χ3v) is 5.47. The first-order valence-electron chi connectivity index (χ1n) is 10.5. The molecule has 0 radical (unpaired) electrons. The van der Waals surface area contributed by atoms with Gasteiger partial charge in [0.15, 0.2) is 5.82 Å². The molecule has 0 spiro atoms. The van der Waals surface area contributed by atoms with Gasteiger partial charge in [0.2, 0.25) is 0 Å². The number of fused-ring (bicyclic) bond motifs is 1. The van der Waals surface area contributed by atoms with Gasteiger partial charge in [-0.15, -0.1) is 10.2 Å². The van der Waals surface area contributed by atoms with Crippen molar-refractivity contribution in [3.8, 4) is 11.3 Å². The molecule has 3 rings (SSSR count). The third kappa shape index (κ3) is 5.02. The standard InChI is InChI=1S/C24H30ClN3/c1-3-5-6-11-18-28(4-2)24-22-13-10-8-7-9-12-21(22)23(26-27-24)19-14-16-20(25)17-15-19/h8-10,12,14-17H,3-7,11,13,18H2,1-2H3/b10-8?,12-9-. The number of rotatable bonds is 8. The van der Waals surface area contributed by atoms with Gasteiger partial charge in [-0.05, 0) is 38.3 Å². The summed E-state index contributed by atoms with van der Waals surface area (Å²) in [7, 11) is 0. The van der Waals surface area contributed by atoms with Crippen molar-refractivity contribution in [2.75, 3.05) is 18.0 Å². The van der Waals surface area contributed by atoms with Crippen molar-refractivity contribution in [3.05, 3.63) is 58.6 Å². The van der Waals surface area contributed by atoms with Gasteiger partial charge in [0, 0.05) is 34.8 Å². The minimum absolute atomic E-state index is 0.735. The van der Waals surface area contributed by atoms with E-state index in [4.69, 9.17) is 16.7 Å². The highest BCUT2D eigenvalue weighted by Gasteiger charge is 2.19. The zero-order valence-corrected chi connectivity index (χ0v) is 17.8. The Balaban J connectivity index is 2.00. The SMILES string of the molecule is CCCCCCN(CC)c1nnc(-c2ccc(Cl)cc2)c2c1CC=CC/C=C\2. The van der Waals surface area contributed by atoms with Crippen LogP contribution in [0.25, 0.3) is 17.3 Å². The molecular formula is C24H30ClN3. The Hall–Kier alpha value is -2.13. The molecule has 4 heteroatoms. The van der Waals surface area contributed by atoms with Gasteiger partial charge in [-0.3, -0.25) is 0 Å². The van der Waals surface area contributed by atoms with Gasteiger partial charge in [-0.1, -0.05) is 74.2 Å². The van der Waals surface area contributed by atoms with E-state index in [2.05, 4.69) is 48.2 Å². The van der Waals surface area contributed by atoms with E-state index in [1.807, 2.05) is 24.3 Å². The molecule has 1 aliphatic carbocycles. The van der Waals surface area contributed by atoms with Crippen LogP contribution in [0.5, 0.6) is 0 Å². The van der Waals surface area contributed by atoms with Crippen LogP contribution in [0, 0.1) is 0 Å². The van der Waals surface area contributed by atoms with Crippen LogP contribution in [0.2, 0.25) is 5.02 Å². The highest BCUT2D eigenvalue weighted by molar-refractivity contribution is 6.30. The number of hydrogen-bond donors (Lipinski definition) is 0. The lowest BCUT2D eigenvalue weighted by molar-refractivity contribution is 0.642. The van der Waals surface area contributed by atoms with Gasteiger partial charge in [0.05, 0.1) is 0 Å². The molecule has 0 fully saturated rings. The molecule has 3 nitrogen and oxygen atoms in total. The summed E-state index contributed by atoms with van der Waals surface area (Å²) in [6, 6.07) is 7.88. The fourth-order valence-electron chi connectivity index (χ4n) is 3.64. The Bertz CT molecular complexity index is 824. The van der Waals surface area contributed by atoms with Crippen LogP contribution in [0.3, 0.4) is 0 Å². The van der Waals surface area contributed by atoms with Gasteiger partial charge in [-0.25, -0.2) is 0 Å².